The van der Waals surface area contributed by atoms with Crippen LogP contribution in [0.3, 0.4) is 0 Å². The summed E-state index contributed by atoms with van der Waals surface area (Å²) in [5, 5.41) is 11.7. The van der Waals surface area contributed by atoms with Crippen molar-refractivity contribution >= 4 is 21.6 Å². The monoisotopic (exact) mass is 323 g/mol. The standard InChI is InChI=1S/C15H21N3O3S/c1-10-7-12(22(20,21)18(5)6)8-13(11(10)2)17-14(19)15(3,4)9-16/h7-8H,1-6H3,(H,17,19). The highest BCUT2D eigenvalue weighted by atomic mass is 32.2. The summed E-state index contributed by atoms with van der Waals surface area (Å²) in [4.78, 5) is 12.2. The molecule has 0 aliphatic heterocycles. The highest BCUT2D eigenvalue weighted by Gasteiger charge is 2.28. The van der Waals surface area contributed by atoms with Crippen LogP contribution in [-0.4, -0.2) is 32.7 Å². The number of benzene rings is 1. The van der Waals surface area contributed by atoms with Crippen molar-refractivity contribution in [3.05, 3.63) is 23.3 Å². The van der Waals surface area contributed by atoms with E-state index in [2.05, 4.69) is 5.32 Å². The average Bonchev–Trinajstić information content (AvgIpc) is 2.42. The van der Waals surface area contributed by atoms with Crippen LogP contribution in [0.5, 0.6) is 0 Å². The van der Waals surface area contributed by atoms with Gasteiger partial charge in [-0.15, -0.1) is 0 Å². The Kier molecular flexibility index (Phi) is 5.00. The van der Waals surface area contributed by atoms with E-state index in [0.29, 0.717) is 5.69 Å². The Morgan fingerprint density at radius 3 is 2.27 bits per heavy atom. The van der Waals surface area contributed by atoms with Gasteiger partial charge in [0.2, 0.25) is 15.9 Å². The third kappa shape index (κ3) is 3.46. The minimum absolute atomic E-state index is 0.102. The molecule has 0 heterocycles. The highest BCUT2D eigenvalue weighted by molar-refractivity contribution is 7.89. The maximum Gasteiger partial charge on any atom is 0.244 e. The number of hydrogen-bond acceptors (Lipinski definition) is 4. The smallest absolute Gasteiger partial charge is 0.244 e. The first kappa shape index (κ1) is 18.1. The fourth-order valence-corrected chi connectivity index (χ4v) is 2.66. The SMILES string of the molecule is Cc1cc(S(=O)(=O)N(C)C)cc(NC(=O)C(C)(C)C#N)c1C. The molecule has 1 N–H and O–H groups in total. The molecule has 22 heavy (non-hydrogen) atoms. The maximum absolute atomic E-state index is 12.2. The lowest BCUT2D eigenvalue weighted by atomic mass is 9.94. The third-order valence-electron chi connectivity index (χ3n) is 3.51. The van der Waals surface area contributed by atoms with E-state index in [4.69, 9.17) is 5.26 Å². The molecule has 120 valence electrons. The zero-order valence-corrected chi connectivity index (χ0v) is 14.5. The van der Waals surface area contributed by atoms with Gasteiger partial charge >= 0.3 is 0 Å². The fraction of sp³-hybridized carbons (Fsp3) is 0.467. The molecule has 0 bridgehead atoms. The van der Waals surface area contributed by atoms with Gasteiger partial charge < -0.3 is 5.32 Å². The van der Waals surface area contributed by atoms with Crippen LogP contribution in [0.25, 0.3) is 0 Å². The van der Waals surface area contributed by atoms with Crippen LogP contribution in [-0.2, 0) is 14.8 Å². The van der Waals surface area contributed by atoms with Gasteiger partial charge in [0.15, 0.2) is 0 Å². The largest absolute Gasteiger partial charge is 0.324 e. The van der Waals surface area contributed by atoms with Crippen LogP contribution in [0, 0.1) is 30.6 Å². The molecular weight excluding hydrogens is 302 g/mol. The number of nitrogens with one attached hydrogen (secondary N) is 1. The highest BCUT2D eigenvalue weighted by Crippen LogP contribution is 2.27. The van der Waals surface area contributed by atoms with Crippen molar-refractivity contribution in [3.63, 3.8) is 0 Å². The van der Waals surface area contributed by atoms with Crippen LogP contribution >= 0.6 is 0 Å². The summed E-state index contributed by atoms with van der Waals surface area (Å²) >= 11 is 0. The predicted octanol–water partition coefficient (Wildman–Crippen LogP) is 2.04. The number of aryl methyl sites for hydroxylation is 1. The summed E-state index contributed by atoms with van der Waals surface area (Å²) in [7, 11) is -0.706. The molecule has 0 radical (unpaired) electrons. The van der Waals surface area contributed by atoms with Crippen LogP contribution in [0.15, 0.2) is 17.0 Å². The number of rotatable bonds is 4. The van der Waals surface area contributed by atoms with Gasteiger partial charge in [-0.25, -0.2) is 12.7 Å². The van der Waals surface area contributed by atoms with E-state index in [0.717, 1.165) is 15.4 Å². The third-order valence-corrected chi connectivity index (χ3v) is 5.31. The molecule has 7 heteroatoms. The number of nitriles is 1. The molecule has 0 saturated heterocycles. The molecule has 0 aromatic heterocycles. The number of carbonyl (C=O) groups excluding carboxylic acids is 1. The predicted molar refractivity (Wildman–Crippen MR) is 84.8 cm³/mol. The summed E-state index contributed by atoms with van der Waals surface area (Å²) < 4.78 is 25.6. The van der Waals surface area contributed by atoms with E-state index in [-0.39, 0.29) is 4.90 Å². The van der Waals surface area contributed by atoms with E-state index in [9.17, 15) is 13.2 Å². The van der Waals surface area contributed by atoms with Gasteiger partial charge in [-0.2, -0.15) is 5.26 Å². The second-order valence-electron chi connectivity index (χ2n) is 5.89. The topological polar surface area (TPSA) is 90.3 Å². The van der Waals surface area contributed by atoms with Crippen molar-refractivity contribution in [1.82, 2.24) is 4.31 Å². The van der Waals surface area contributed by atoms with Crippen LogP contribution in [0.1, 0.15) is 25.0 Å². The normalized spacial score (nSPS) is 12.1. The van der Waals surface area contributed by atoms with Crippen molar-refractivity contribution in [3.8, 4) is 6.07 Å². The molecule has 0 aliphatic rings. The van der Waals surface area contributed by atoms with Crippen LogP contribution < -0.4 is 5.32 Å². The molecule has 1 aromatic rings. The van der Waals surface area contributed by atoms with Crippen molar-refractivity contribution < 1.29 is 13.2 Å². The minimum atomic E-state index is -3.60. The summed E-state index contributed by atoms with van der Waals surface area (Å²) in [6.07, 6.45) is 0. The Hall–Kier alpha value is -1.91. The summed E-state index contributed by atoms with van der Waals surface area (Å²) in [6, 6.07) is 4.90. The first-order chi connectivity index (χ1) is 9.93. The molecule has 6 nitrogen and oxygen atoms in total. The summed E-state index contributed by atoms with van der Waals surface area (Å²) in [6.45, 7) is 6.57. The van der Waals surface area contributed by atoms with Gasteiger partial charge in [0.05, 0.1) is 11.0 Å². The Morgan fingerprint density at radius 1 is 1.27 bits per heavy atom. The Bertz CT molecular complexity index is 744. The van der Waals surface area contributed by atoms with Gasteiger partial charge in [0.1, 0.15) is 5.41 Å². The Labute approximate surface area is 131 Å². The van der Waals surface area contributed by atoms with Gasteiger partial charge in [-0.3, -0.25) is 4.79 Å². The zero-order chi connectivity index (χ0) is 17.3. The van der Waals surface area contributed by atoms with Crippen molar-refractivity contribution in [2.45, 2.75) is 32.6 Å². The minimum Gasteiger partial charge on any atom is -0.324 e. The van der Waals surface area contributed by atoms with Crippen molar-refractivity contribution in [2.75, 3.05) is 19.4 Å². The van der Waals surface area contributed by atoms with E-state index >= 15 is 0 Å². The number of carbonyl (C=O) groups is 1. The second-order valence-corrected chi connectivity index (χ2v) is 8.04. The average molecular weight is 323 g/mol. The maximum atomic E-state index is 12.2. The first-order valence-electron chi connectivity index (χ1n) is 6.70. The van der Waals surface area contributed by atoms with Gasteiger partial charge in [-0.05, 0) is 51.0 Å². The molecule has 0 spiro atoms. The molecule has 0 atom stereocenters. The lowest BCUT2D eigenvalue weighted by Gasteiger charge is -2.19. The van der Waals surface area contributed by atoms with Crippen molar-refractivity contribution in [2.24, 2.45) is 5.41 Å². The van der Waals surface area contributed by atoms with E-state index < -0.39 is 21.3 Å². The Balaban J connectivity index is 3.37. The molecular formula is C15H21N3O3S. The van der Waals surface area contributed by atoms with Gasteiger partial charge in [0, 0.05) is 19.8 Å². The van der Waals surface area contributed by atoms with Crippen LogP contribution in [0.4, 0.5) is 5.69 Å². The quantitative estimate of drug-likeness (QED) is 0.918. The number of sulfonamides is 1. The lowest BCUT2D eigenvalue weighted by molar-refractivity contribution is -0.121. The number of anilines is 1. The van der Waals surface area contributed by atoms with Crippen molar-refractivity contribution in [1.29, 1.82) is 5.26 Å². The second kappa shape index (κ2) is 6.07. The fourth-order valence-electron chi connectivity index (χ4n) is 1.65. The first-order valence-corrected chi connectivity index (χ1v) is 8.14. The van der Waals surface area contributed by atoms with Gasteiger partial charge in [-0.1, -0.05) is 0 Å². The summed E-state index contributed by atoms with van der Waals surface area (Å²) in [5.41, 5.74) is 0.707. The van der Waals surface area contributed by atoms with E-state index in [1.165, 1.54) is 34.0 Å². The molecule has 1 amide bonds. The molecule has 0 aliphatic carbocycles. The van der Waals surface area contributed by atoms with E-state index in [1.807, 2.05) is 6.07 Å². The zero-order valence-electron chi connectivity index (χ0n) is 13.7. The van der Waals surface area contributed by atoms with Gasteiger partial charge in [0.25, 0.3) is 0 Å². The molecule has 0 fully saturated rings. The molecule has 1 aromatic carbocycles. The Morgan fingerprint density at radius 2 is 1.82 bits per heavy atom. The molecule has 0 unspecified atom stereocenters. The lowest BCUT2D eigenvalue weighted by Crippen LogP contribution is -2.30. The number of nitrogens with zero attached hydrogens (tertiary/aromatic N) is 2. The number of amides is 1. The molecule has 0 saturated carbocycles. The number of hydrogen-bond donors (Lipinski definition) is 1. The molecule has 1 rings (SSSR count). The van der Waals surface area contributed by atoms with E-state index in [1.54, 1.807) is 19.9 Å². The van der Waals surface area contributed by atoms with Crippen LogP contribution in [0.2, 0.25) is 0 Å². The summed E-state index contributed by atoms with van der Waals surface area (Å²) in [5.74, 6) is -0.475.